The first-order valence-corrected chi connectivity index (χ1v) is 14.5. The number of likely N-dealkylation sites (tertiary alicyclic amines) is 1. The van der Waals surface area contributed by atoms with E-state index in [1.54, 1.807) is 0 Å². The van der Waals surface area contributed by atoms with E-state index in [-0.39, 0.29) is 63.0 Å². The number of nitrogens with one attached hydrogen (secondary N) is 1. The molecule has 1 aliphatic heterocycles. The van der Waals surface area contributed by atoms with Crippen molar-refractivity contribution in [3.63, 3.8) is 0 Å². The van der Waals surface area contributed by atoms with Crippen LogP contribution in [-0.2, 0) is 19.1 Å². The maximum absolute atomic E-state index is 12.5. The number of rotatable bonds is 21. The molecule has 210 valence electrons. The highest BCUT2D eigenvalue weighted by Gasteiger charge is 2.20. The number of aliphatic hydroxyl groups is 1. The van der Waals surface area contributed by atoms with Crippen molar-refractivity contribution in [1.29, 1.82) is 0 Å². The number of carbonyl (C=O) groups is 3. The molecule has 2 N–H and O–H groups in total. The third-order valence-corrected chi connectivity index (χ3v) is 6.98. The predicted molar refractivity (Wildman–Crippen MR) is 144 cm³/mol. The minimum absolute atomic E-state index is 0.0884. The molecule has 0 aliphatic carbocycles. The number of esters is 1. The van der Waals surface area contributed by atoms with Gasteiger partial charge < -0.3 is 25.0 Å². The van der Waals surface area contributed by atoms with Crippen LogP contribution >= 0.6 is 0 Å². The standard InChI is InChI=1S/C28H53N3O5/c1-3-4-5-6-7-8-9-10-11-12-13-14-28(35)36-24-22-31(21-23-32)27(34)16-15-26(33)29-25-17-19-30(2)20-18-25/h25,32H,3-24H2,1-2H3,(H,29,33). The molecule has 0 bridgehead atoms. The Hall–Kier alpha value is -1.67. The number of ether oxygens (including phenoxy) is 1. The summed E-state index contributed by atoms with van der Waals surface area (Å²) in [4.78, 5) is 40.5. The molecule has 0 aromatic heterocycles. The summed E-state index contributed by atoms with van der Waals surface area (Å²) in [7, 11) is 2.07. The number of unbranched alkanes of at least 4 members (excludes halogenated alkanes) is 10. The first kappa shape index (κ1) is 32.4. The first-order chi connectivity index (χ1) is 17.5. The average Bonchev–Trinajstić information content (AvgIpc) is 2.86. The SMILES string of the molecule is CCCCCCCCCCCCCC(=O)OCCN(CCO)C(=O)CCC(=O)NC1CCN(C)CC1. The Labute approximate surface area is 219 Å². The van der Waals surface area contributed by atoms with E-state index in [0.717, 1.165) is 45.2 Å². The maximum atomic E-state index is 12.5. The predicted octanol–water partition coefficient (Wildman–Crippen LogP) is 4.04. The van der Waals surface area contributed by atoms with E-state index in [4.69, 9.17) is 4.74 Å². The van der Waals surface area contributed by atoms with Gasteiger partial charge >= 0.3 is 5.97 Å². The largest absolute Gasteiger partial charge is 0.464 e. The Bertz CT molecular complexity index is 594. The van der Waals surface area contributed by atoms with Crippen LogP contribution in [0.25, 0.3) is 0 Å². The zero-order chi connectivity index (χ0) is 26.4. The van der Waals surface area contributed by atoms with E-state index in [1.165, 1.54) is 56.3 Å². The van der Waals surface area contributed by atoms with E-state index >= 15 is 0 Å². The molecular weight excluding hydrogens is 458 g/mol. The zero-order valence-corrected chi connectivity index (χ0v) is 23.1. The molecule has 0 radical (unpaired) electrons. The normalized spacial score (nSPS) is 14.5. The van der Waals surface area contributed by atoms with Crippen molar-refractivity contribution in [2.45, 2.75) is 116 Å². The number of aliphatic hydroxyl groups excluding tert-OH is 1. The monoisotopic (exact) mass is 511 g/mol. The van der Waals surface area contributed by atoms with Gasteiger partial charge in [-0.3, -0.25) is 14.4 Å². The molecular formula is C28H53N3O5. The highest BCUT2D eigenvalue weighted by atomic mass is 16.5. The van der Waals surface area contributed by atoms with Gasteiger partial charge in [0.1, 0.15) is 6.61 Å². The van der Waals surface area contributed by atoms with Gasteiger partial charge in [-0.25, -0.2) is 0 Å². The van der Waals surface area contributed by atoms with Crippen LogP contribution < -0.4 is 5.32 Å². The van der Waals surface area contributed by atoms with Crippen molar-refractivity contribution >= 4 is 17.8 Å². The molecule has 0 aromatic carbocycles. The third-order valence-electron chi connectivity index (χ3n) is 6.98. The van der Waals surface area contributed by atoms with Crippen LogP contribution in [0, 0.1) is 0 Å². The van der Waals surface area contributed by atoms with Gasteiger partial charge in [0.05, 0.1) is 13.2 Å². The summed E-state index contributed by atoms with van der Waals surface area (Å²) in [5.41, 5.74) is 0. The lowest BCUT2D eigenvalue weighted by atomic mass is 10.1. The first-order valence-electron chi connectivity index (χ1n) is 14.5. The number of carbonyl (C=O) groups excluding carboxylic acids is 3. The molecule has 0 spiro atoms. The maximum Gasteiger partial charge on any atom is 0.305 e. The van der Waals surface area contributed by atoms with Gasteiger partial charge in [0.15, 0.2) is 0 Å². The fourth-order valence-electron chi connectivity index (χ4n) is 4.59. The van der Waals surface area contributed by atoms with Crippen molar-refractivity contribution in [1.82, 2.24) is 15.1 Å². The second kappa shape index (κ2) is 21.4. The number of hydrogen-bond acceptors (Lipinski definition) is 6. The van der Waals surface area contributed by atoms with E-state index in [1.807, 2.05) is 0 Å². The number of amides is 2. The minimum atomic E-state index is -0.236. The average molecular weight is 512 g/mol. The van der Waals surface area contributed by atoms with E-state index in [2.05, 4.69) is 24.2 Å². The van der Waals surface area contributed by atoms with Crippen molar-refractivity contribution in [2.75, 3.05) is 46.4 Å². The summed E-state index contributed by atoms with van der Waals surface area (Å²) in [6, 6.07) is 0.178. The molecule has 0 saturated carbocycles. The van der Waals surface area contributed by atoms with Crippen molar-refractivity contribution in [2.24, 2.45) is 0 Å². The lowest BCUT2D eigenvalue weighted by Gasteiger charge is -2.29. The number of hydrogen-bond donors (Lipinski definition) is 2. The second-order valence-electron chi connectivity index (χ2n) is 10.3. The molecule has 1 saturated heterocycles. The molecule has 8 heteroatoms. The number of piperidine rings is 1. The van der Waals surface area contributed by atoms with Gasteiger partial charge in [0.25, 0.3) is 0 Å². The fraction of sp³-hybridized carbons (Fsp3) is 0.893. The van der Waals surface area contributed by atoms with Gasteiger partial charge in [-0.05, 0) is 39.4 Å². The van der Waals surface area contributed by atoms with Crippen molar-refractivity contribution in [3.05, 3.63) is 0 Å². The zero-order valence-electron chi connectivity index (χ0n) is 23.1. The molecule has 2 amide bonds. The molecule has 8 nitrogen and oxygen atoms in total. The summed E-state index contributed by atoms with van der Waals surface area (Å²) < 4.78 is 5.30. The molecule has 1 fully saturated rings. The molecule has 36 heavy (non-hydrogen) atoms. The Kier molecular flexibility index (Phi) is 19.3. The topological polar surface area (TPSA) is 99.2 Å². The summed E-state index contributed by atoms with van der Waals surface area (Å²) >= 11 is 0. The van der Waals surface area contributed by atoms with Gasteiger partial charge in [0.2, 0.25) is 11.8 Å². The van der Waals surface area contributed by atoms with Crippen LogP contribution in [0.15, 0.2) is 0 Å². The Balaban J connectivity index is 2.08. The van der Waals surface area contributed by atoms with Gasteiger partial charge in [-0.1, -0.05) is 71.1 Å². The highest BCUT2D eigenvalue weighted by Crippen LogP contribution is 2.12. The van der Waals surface area contributed by atoms with Gasteiger partial charge in [0, 0.05) is 31.8 Å². The summed E-state index contributed by atoms with van der Waals surface area (Å²) in [6.07, 6.45) is 16.0. The minimum Gasteiger partial charge on any atom is -0.464 e. The van der Waals surface area contributed by atoms with Gasteiger partial charge in [-0.2, -0.15) is 0 Å². The van der Waals surface area contributed by atoms with E-state index in [0.29, 0.717) is 6.42 Å². The van der Waals surface area contributed by atoms with Crippen LogP contribution in [0.2, 0.25) is 0 Å². The molecule has 1 rings (SSSR count). The van der Waals surface area contributed by atoms with E-state index < -0.39 is 0 Å². The fourth-order valence-corrected chi connectivity index (χ4v) is 4.59. The van der Waals surface area contributed by atoms with Crippen molar-refractivity contribution in [3.8, 4) is 0 Å². The second-order valence-corrected chi connectivity index (χ2v) is 10.3. The lowest BCUT2D eigenvalue weighted by molar-refractivity contribution is -0.146. The van der Waals surface area contributed by atoms with Crippen LogP contribution in [-0.4, -0.2) is 85.2 Å². The Morgan fingerprint density at radius 1 is 0.861 bits per heavy atom. The molecule has 1 heterocycles. The Morgan fingerprint density at radius 3 is 2.03 bits per heavy atom. The van der Waals surface area contributed by atoms with Crippen molar-refractivity contribution < 1.29 is 24.2 Å². The smallest absolute Gasteiger partial charge is 0.305 e. The third kappa shape index (κ3) is 16.9. The Morgan fingerprint density at radius 2 is 1.44 bits per heavy atom. The molecule has 1 aliphatic rings. The summed E-state index contributed by atoms with van der Waals surface area (Å²) in [5.74, 6) is -0.552. The van der Waals surface area contributed by atoms with Crippen LogP contribution in [0.4, 0.5) is 0 Å². The van der Waals surface area contributed by atoms with Crippen LogP contribution in [0.3, 0.4) is 0 Å². The van der Waals surface area contributed by atoms with E-state index in [9.17, 15) is 19.5 Å². The van der Waals surface area contributed by atoms with Crippen LogP contribution in [0.1, 0.15) is 110 Å². The van der Waals surface area contributed by atoms with Crippen LogP contribution in [0.5, 0.6) is 0 Å². The summed E-state index contributed by atoms with van der Waals surface area (Å²) in [5, 5.41) is 12.3. The molecule has 0 atom stereocenters. The highest BCUT2D eigenvalue weighted by molar-refractivity contribution is 5.84. The van der Waals surface area contributed by atoms with Gasteiger partial charge in [-0.15, -0.1) is 0 Å². The molecule has 0 unspecified atom stereocenters. The number of nitrogens with zero attached hydrogens (tertiary/aromatic N) is 2. The molecule has 0 aromatic rings. The lowest BCUT2D eigenvalue weighted by Crippen LogP contribution is -2.43. The summed E-state index contributed by atoms with van der Waals surface area (Å²) in [6.45, 7) is 4.53. The quantitative estimate of drug-likeness (QED) is 0.178.